The van der Waals surface area contributed by atoms with Crippen molar-refractivity contribution in [1.82, 2.24) is 9.97 Å². The van der Waals surface area contributed by atoms with E-state index in [0.717, 1.165) is 16.7 Å². The molecule has 1 heterocycles. The maximum absolute atomic E-state index is 12.6. The molecule has 3 aromatic carbocycles. The van der Waals surface area contributed by atoms with Gasteiger partial charge in [-0.3, -0.25) is 4.79 Å². The van der Waals surface area contributed by atoms with E-state index in [2.05, 4.69) is 10.3 Å². The van der Waals surface area contributed by atoms with Gasteiger partial charge in [-0.05, 0) is 41.5 Å². The molecule has 0 saturated carbocycles. The molecular formula is C26H21N3O2. The minimum atomic E-state index is -0.160. The molecule has 0 radical (unpaired) electrons. The minimum Gasteiger partial charge on any atom is -0.508 e. The maximum Gasteiger partial charge on any atom is 0.230 e. The molecule has 0 aliphatic carbocycles. The van der Waals surface area contributed by atoms with Crippen LogP contribution in [-0.4, -0.2) is 21.0 Å². The van der Waals surface area contributed by atoms with Crippen LogP contribution in [0.15, 0.2) is 91.1 Å². The Kier molecular flexibility index (Phi) is 6.14. The van der Waals surface area contributed by atoms with Crippen LogP contribution < -0.4 is 5.32 Å². The Balaban J connectivity index is 1.63. The second kappa shape index (κ2) is 9.50. The van der Waals surface area contributed by atoms with Gasteiger partial charge in [0.15, 0.2) is 5.82 Å². The zero-order valence-electron chi connectivity index (χ0n) is 16.8. The summed E-state index contributed by atoms with van der Waals surface area (Å²) in [6.07, 6.45) is 5.64. The van der Waals surface area contributed by atoms with Gasteiger partial charge in [-0.2, -0.15) is 0 Å². The average Bonchev–Trinajstić information content (AvgIpc) is 2.80. The number of benzene rings is 3. The summed E-state index contributed by atoms with van der Waals surface area (Å²) in [6, 6.07) is 26.2. The van der Waals surface area contributed by atoms with Crippen LogP contribution in [0, 0.1) is 0 Å². The number of aromatic nitrogens is 2. The first-order valence-electron chi connectivity index (χ1n) is 9.91. The van der Waals surface area contributed by atoms with Gasteiger partial charge < -0.3 is 10.4 Å². The molecule has 1 aromatic heterocycles. The zero-order chi connectivity index (χ0) is 21.5. The van der Waals surface area contributed by atoms with Crippen molar-refractivity contribution in [3.8, 4) is 17.0 Å². The lowest BCUT2D eigenvalue weighted by atomic mass is 10.1. The van der Waals surface area contributed by atoms with Crippen molar-refractivity contribution in [3.63, 3.8) is 0 Å². The second-order valence-electron chi connectivity index (χ2n) is 6.99. The fraction of sp³-hybridized carbons (Fsp3) is 0.0385. The van der Waals surface area contributed by atoms with Gasteiger partial charge in [-0.25, -0.2) is 9.97 Å². The number of rotatable bonds is 6. The van der Waals surface area contributed by atoms with E-state index >= 15 is 0 Å². The third-order valence-corrected chi connectivity index (χ3v) is 4.66. The molecule has 4 aromatic rings. The van der Waals surface area contributed by atoms with Crippen LogP contribution in [0.3, 0.4) is 0 Å². The summed E-state index contributed by atoms with van der Waals surface area (Å²) in [5.41, 5.74) is 3.96. The third kappa shape index (κ3) is 5.42. The first-order chi connectivity index (χ1) is 15.2. The number of amides is 1. The van der Waals surface area contributed by atoms with Gasteiger partial charge in [0, 0.05) is 5.56 Å². The van der Waals surface area contributed by atoms with Crippen molar-refractivity contribution in [2.75, 3.05) is 5.32 Å². The lowest BCUT2D eigenvalue weighted by Crippen LogP contribution is -2.16. The molecule has 0 atom stereocenters. The van der Waals surface area contributed by atoms with E-state index < -0.39 is 0 Å². The van der Waals surface area contributed by atoms with E-state index in [9.17, 15) is 9.90 Å². The number of hydrogen-bond acceptors (Lipinski definition) is 4. The second-order valence-corrected chi connectivity index (χ2v) is 6.99. The lowest BCUT2D eigenvalue weighted by Gasteiger charge is -2.10. The largest absolute Gasteiger partial charge is 0.508 e. The molecule has 0 unspecified atom stereocenters. The number of nitrogens with zero attached hydrogens (tertiary/aromatic N) is 2. The fourth-order valence-electron chi connectivity index (χ4n) is 3.08. The van der Waals surface area contributed by atoms with Crippen molar-refractivity contribution in [2.45, 2.75) is 6.42 Å². The number of carbonyl (C=O) groups excluding carboxylic acids is 1. The molecule has 2 N–H and O–H groups in total. The van der Waals surface area contributed by atoms with Gasteiger partial charge in [-0.15, -0.1) is 0 Å². The molecule has 0 bridgehead atoms. The maximum atomic E-state index is 12.6. The normalized spacial score (nSPS) is 10.8. The molecule has 4 rings (SSSR count). The smallest absolute Gasteiger partial charge is 0.230 e. The molecule has 0 aliphatic rings. The molecule has 0 aliphatic heterocycles. The van der Waals surface area contributed by atoms with Crippen LogP contribution in [0.4, 0.5) is 5.82 Å². The van der Waals surface area contributed by atoms with Crippen molar-refractivity contribution in [2.24, 2.45) is 0 Å². The molecule has 152 valence electrons. The van der Waals surface area contributed by atoms with Crippen LogP contribution >= 0.6 is 0 Å². The highest BCUT2D eigenvalue weighted by Gasteiger charge is 2.11. The summed E-state index contributed by atoms with van der Waals surface area (Å²) in [6.45, 7) is 0. The van der Waals surface area contributed by atoms with Crippen molar-refractivity contribution >= 4 is 23.9 Å². The third-order valence-electron chi connectivity index (χ3n) is 4.66. The van der Waals surface area contributed by atoms with Crippen LogP contribution in [0.1, 0.15) is 16.8 Å². The van der Waals surface area contributed by atoms with Gasteiger partial charge in [0.2, 0.25) is 5.91 Å². The number of anilines is 1. The average molecular weight is 407 g/mol. The molecule has 5 heteroatoms. The van der Waals surface area contributed by atoms with Gasteiger partial charge in [0.1, 0.15) is 11.4 Å². The highest BCUT2D eigenvalue weighted by Crippen LogP contribution is 2.23. The summed E-state index contributed by atoms with van der Waals surface area (Å²) in [5, 5.41) is 12.4. The molecule has 0 saturated heterocycles. The molecule has 5 nitrogen and oxygen atoms in total. The van der Waals surface area contributed by atoms with Crippen molar-refractivity contribution < 1.29 is 9.90 Å². The zero-order valence-corrected chi connectivity index (χ0v) is 16.8. The number of nitrogens with one attached hydrogen (secondary N) is 1. The highest BCUT2D eigenvalue weighted by molar-refractivity contribution is 5.93. The summed E-state index contributed by atoms with van der Waals surface area (Å²) >= 11 is 0. The highest BCUT2D eigenvalue weighted by atomic mass is 16.3. The lowest BCUT2D eigenvalue weighted by molar-refractivity contribution is -0.115. The Bertz CT molecular complexity index is 1190. The van der Waals surface area contributed by atoms with Crippen LogP contribution in [0.2, 0.25) is 0 Å². The van der Waals surface area contributed by atoms with E-state index in [1.54, 1.807) is 30.5 Å². The van der Waals surface area contributed by atoms with Crippen molar-refractivity contribution in [3.05, 3.63) is 108 Å². The van der Waals surface area contributed by atoms with E-state index in [0.29, 0.717) is 17.2 Å². The Labute approximate surface area is 180 Å². The standard InChI is InChI=1S/C26H21N3O2/c30-22-14-12-21(13-15-22)24-18-27-26(29-25(31)17-20-9-5-2-6-10-20)23(28-24)16-11-19-7-3-1-4-8-19/h1-16,18,30H,17H2,(H,27,29,31)/b16-11+. The monoisotopic (exact) mass is 407 g/mol. The van der Waals surface area contributed by atoms with E-state index in [-0.39, 0.29) is 18.1 Å². The van der Waals surface area contributed by atoms with Crippen LogP contribution in [-0.2, 0) is 11.2 Å². The molecular weight excluding hydrogens is 386 g/mol. The molecule has 0 spiro atoms. The first-order valence-corrected chi connectivity index (χ1v) is 9.91. The van der Waals surface area contributed by atoms with E-state index in [1.165, 1.54) is 0 Å². The van der Waals surface area contributed by atoms with Gasteiger partial charge in [-0.1, -0.05) is 66.7 Å². The van der Waals surface area contributed by atoms with Gasteiger partial charge in [0.25, 0.3) is 0 Å². The predicted octanol–water partition coefficient (Wildman–Crippen LogP) is 5.20. The number of aromatic hydroxyl groups is 1. The number of hydrogen-bond donors (Lipinski definition) is 2. The van der Waals surface area contributed by atoms with Crippen molar-refractivity contribution in [1.29, 1.82) is 0 Å². The van der Waals surface area contributed by atoms with Gasteiger partial charge >= 0.3 is 0 Å². The number of phenolic OH excluding ortho intramolecular Hbond substituents is 1. The molecule has 0 fully saturated rings. The van der Waals surface area contributed by atoms with E-state index in [4.69, 9.17) is 4.98 Å². The van der Waals surface area contributed by atoms with Crippen LogP contribution in [0.25, 0.3) is 23.4 Å². The Morgan fingerprint density at radius 3 is 2.26 bits per heavy atom. The minimum absolute atomic E-state index is 0.160. The van der Waals surface area contributed by atoms with Gasteiger partial charge in [0.05, 0.1) is 18.3 Å². The summed E-state index contributed by atoms with van der Waals surface area (Å²) in [7, 11) is 0. The topological polar surface area (TPSA) is 75.1 Å². The SMILES string of the molecule is O=C(Cc1ccccc1)Nc1ncc(-c2ccc(O)cc2)nc1/C=C/c1ccccc1. The van der Waals surface area contributed by atoms with Crippen LogP contribution in [0.5, 0.6) is 5.75 Å². The summed E-state index contributed by atoms with van der Waals surface area (Å²) < 4.78 is 0. The fourth-order valence-corrected chi connectivity index (χ4v) is 3.08. The Hall–Kier alpha value is -4.25. The molecule has 31 heavy (non-hydrogen) atoms. The van der Waals surface area contributed by atoms with E-state index in [1.807, 2.05) is 72.8 Å². The quantitative estimate of drug-likeness (QED) is 0.461. The predicted molar refractivity (Wildman–Crippen MR) is 123 cm³/mol. The number of phenols is 1. The summed E-state index contributed by atoms with van der Waals surface area (Å²) in [5.74, 6) is 0.425. The molecule has 1 amide bonds. The summed E-state index contributed by atoms with van der Waals surface area (Å²) in [4.78, 5) is 21.7. The Morgan fingerprint density at radius 2 is 1.55 bits per heavy atom. The Morgan fingerprint density at radius 1 is 0.871 bits per heavy atom. The number of carbonyl (C=O) groups is 1. The first kappa shape index (κ1) is 20.0.